The Balaban J connectivity index is 1.47. The molecule has 5 nitrogen and oxygen atoms in total. The number of amides is 1. The Morgan fingerprint density at radius 1 is 1.22 bits per heavy atom. The summed E-state index contributed by atoms with van der Waals surface area (Å²) in [5.74, 6) is 1.13. The minimum absolute atomic E-state index is 0.121. The summed E-state index contributed by atoms with van der Waals surface area (Å²) >= 11 is 0. The van der Waals surface area contributed by atoms with Crippen LogP contribution in [0.15, 0.2) is 0 Å². The molecule has 2 saturated heterocycles. The third-order valence-corrected chi connectivity index (χ3v) is 5.79. The molecule has 0 aromatic carbocycles. The number of nitrogens with one attached hydrogen (secondary N) is 2. The summed E-state index contributed by atoms with van der Waals surface area (Å²) in [5, 5.41) is 7.57. The highest BCUT2D eigenvalue weighted by atomic mass is 16.5. The summed E-state index contributed by atoms with van der Waals surface area (Å²) in [6.45, 7) is 8.52. The Kier molecular flexibility index (Phi) is 5.94. The number of ether oxygens (including phenoxy) is 1. The zero-order chi connectivity index (χ0) is 16.2. The number of hydrogen-bond donors (Lipinski definition) is 2. The lowest BCUT2D eigenvalue weighted by atomic mass is 9.92. The summed E-state index contributed by atoms with van der Waals surface area (Å²) in [5.41, 5.74) is 0. The number of carbonyl (C=O) groups excluding carboxylic acids is 1. The van der Waals surface area contributed by atoms with Crippen molar-refractivity contribution in [2.45, 2.75) is 64.1 Å². The van der Waals surface area contributed by atoms with Gasteiger partial charge in [-0.1, -0.05) is 20.3 Å². The van der Waals surface area contributed by atoms with Gasteiger partial charge in [-0.25, -0.2) is 0 Å². The molecule has 0 aromatic rings. The Bertz CT molecular complexity index is 388. The van der Waals surface area contributed by atoms with E-state index in [2.05, 4.69) is 10.6 Å². The lowest BCUT2D eigenvalue weighted by Crippen LogP contribution is -2.54. The Morgan fingerprint density at radius 3 is 2.65 bits per heavy atom. The van der Waals surface area contributed by atoms with Gasteiger partial charge in [0.05, 0.1) is 13.2 Å². The van der Waals surface area contributed by atoms with Crippen LogP contribution in [-0.2, 0) is 9.53 Å². The highest BCUT2D eigenvalue weighted by molar-refractivity contribution is 5.78. The van der Waals surface area contributed by atoms with Crippen molar-refractivity contribution in [3.05, 3.63) is 0 Å². The van der Waals surface area contributed by atoms with Gasteiger partial charge < -0.3 is 20.3 Å². The van der Waals surface area contributed by atoms with Crippen molar-refractivity contribution in [3.8, 4) is 0 Å². The number of morpholine rings is 1. The van der Waals surface area contributed by atoms with Crippen LogP contribution in [0.5, 0.6) is 0 Å². The van der Waals surface area contributed by atoms with Crippen molar-refractivity contribution < 1.29 is 9.53 Å². The molecule has 2 heterocycles. The topological polar surface area (TPSA) is 53.6 Å². The standard InChI is InChI=1S/C18H33N3O2/c1-13(2)18(22)21-9-6-14(7-10-21)20-16-5-3-4-15(16)17-12-23-11-8-19-17/h13-17,19-20H,3-12H2,1-2H3. The second-order valence-electron chi connectivity index (χ2n) is 7.76. The van der Waals surface area contributed by atoms with Crippen LogP contribution < -0.4 is 10.6 Å². The molecule has 23 heavy (non-hydrogen) atoms. The van der Waals surface area contributed by atoms with Gasteiger partial charge in [-0.05, 0) is 31.6 Å². The van der Waals surface area contributed by atoms with Gasteiger partial charge in [0.2, 0.25) is 5.91 Å². The first-order valence-corrected chi connectivity index (χ1v) is 9.51. The maximum Gasteiger partial charge on any atom is 0.225 e. The van der Waals surface area contributed by atoms with Gasteiger partial charge in [0.1, 0.15) is 0 Å². The highest BCUT2D eigenvalue weighted by Crippen LogP contribution is 2.30. The molecule has 2 N–H and O–H groups in total. The number of carbonyl (C=O) groups is 1. The number of likely N-dealkylation sites (tertiary alicyclic amines) is 1. The van der Waals surface area contributed by atoms with E-state index in [1.54, 1.807) is 0 Å². The largest absolute Gasteiger partial charge is 0.379 e. The van der Waals surface area contributed by atoms with E-state index < -0.39 is 0 Å². The smallest absolute Gasteiger partial charge is 0.225 e. The predicted octanol–water partition coefficient (Wildman–Crippen LogP) is 1.38. The van der Waals surface area contributed by atoms with Crippen molar-refractivity contribution >= 4 is 5.91 Å². The second-order valence-corrected chi connectivity index (χ2v) is 7.76. The van der Waals surface area contributed by atoms with Gasteiger partial charge in [0.15, 0.2) is 0 Å². The highest BCUT2D eigenvalue weighted by Gasteiger charge is 2.36. The number of nitrogens with zero attached hydrogens (tertiary/aromatic N) is 1. The molecule has 3 fully saturated rings. The monoisotopic (exact) mass is 323 g/mol. The molecule has 1 amide bonds. The van der Waals surface area contributed by atoms with Gasteiger partial charge >= 0.3 is 0 Å². The Labute approximate surface area is 140 Å². The molecule has 3 unspecified atom stereocenters. The van der Waals surface area contributed by atoms with Crippen molar-refractivity contribution in [1.82, 2.24) is 15.5 Å². The fraction of sp³-hybridized carbons (Fsp3) is 0.944. The van der Waals surface area contributed by atoms with Crippen LogP contribution in [0.3, 0.4) is 0 Å². The second kappa shape index (κ2) is 7.95. The molecule has 3 rings (SSSR count). The molecule has 132 valence electrons. The summed E-state index contributed by atoms with van der Waals surface area (Å²) in [6.07, 6.45) is 6.11. The molecule has 0 aromatic heterocycles. The molecular formula is C18H33N3O2. The third kappa shape index (κ3) is 4.25. The van der Waals surface area contributed by atoms with Crippen LogP contribution in [0, 0.1) is 11.8 Å². The predicted molar refractivity (Wildman–Crippen MR) is 91.3 cm³/mol. The summed E-state index contributed by atoms with van der Waals surface area (Å²) < 4.78 is 5.66. The Morgan fingerprint density at radius 2 is 2.00 bits per heavy atom. The first-order chi connectivity index (χ1) is 11.1. The van der Waals surface area contributed by atoms with E-state index in [4.69, 9.17) is 4.74 Å². The van der Waals surface area contributed by atoms with E-state index in [0.717, 1.165) is 45.7 Å². The fourth-order valence-corrected chi connectivity index (χ4v) is 4.47. The molecule has 2 aliphatic heterocycles. The van der Waals surface area contributed by atoms with E-state index in [1.807, 2.05) is 18.7 Å². The quantitative estimate of drug-likeness (QED) is 0.821. The van der Waals surface area contributed by atoms with Crippen LogP contribution >= 0.6 is 0 Å². The van der Waals surface area contributed by atoms with E-state index in [0.29, 0.717) is 30.0 Å². The van der Waals surface area contributed by atoms with Gasteiger partial charge in [0, 0.05) is 43.7 Å². The first kappa shape index (κ1) is 17.2. The summed E-state index contributed by atoms with van der Waals surface area (Å²) in [7, 11) is 0. The van der Waals surface area contributed by atoms with Crippen LogP contribution in [0.25, 0.3) is 0 Å². The van der Waals surface area contributed by atoms with E-state index in [-0.39, 0.29) is 5.92 Å². The number of piperidine rings is 1. The minimum atomic E-state index is 0.121. The molecule has 0 bridgehead atoms. The van der Waals surface area contributed by atoms with Gasteiger partial charge in [-0.3, -0.25) is 4.79 Å². The average molecular weight is 323 g/mol. The Hall–Kier alpha value is -0.650. The zero-order valence-corrected chi connectivity index (χ0v) is 14.7. The van der Waals surface area contributed by atoms with Crippen LogP contribution in [0.4, 0.5) is 0 Å². The lowest BCUT2D eigenvalue weighted by Gasteiger charge is -2.38. The maximum absolute atomic E-state index is 12.1. The zero-order valence-electron chi connectivity index (χ0n) is 14.7. The van der Waals surface area contributed by atoms with E-state index in [1.165, 1.54) is 19.3 Å². The van der Waals surface area contributed by atoms with Crippen molar-refractivity contribution in [1.29, 1.82) is 0 Å². The lowest BCUT2D eigenvalue weighted by molar-refractivity contribution is -0.135. The maximum atomic E-state index is 12.1. The van der Waals surface area contributed by atoms with Crippen molar-refractivity contribution in [3.63, 3.8) is 0 Å². The van der Waals surface area contributed by atoms with E-state index in [9.17, 15) is 4.79 Å². The SMILES string of the molecule is CC(C)C(=O)N1CCC(NC2CCCC2C2COCCN2)CC1. The molecule has 0 spiro atoms. The fourth-order valence-electron chi connectivity index (χ4n) is 4.47. The number of hydrogen-bond acceptors (Lipinski definition) is 4. The van der Waals surface area contributed by atoms with Gasteiger partial charge in [-0.15, -0.1) is 0 Å². The third-order valence-electron chi connectivity index (χ3n) is 5.79. The molecule has 3 atom stereocenters. The van der Waals surface area contributed by atoms with E-state index >= 15 is 0 Å². The van der Waals surface area contributed by atoms with Crippen LogP contribution in [0.1, 0.15) is 46.0 Å². The molecule has 1 aliphatic carbocycles. The molecule has 1 saturated carbocycles. The van der Waals surface area contributed by atoms with Crippen molar-refractivity contribution in [2.24, 2.45) is 11.8 Å². The normalized spacial score (nSPS) is 33.3. The molecule has 3 aliphatic rings. The van der Waals surface area contributed by atoms with Crippen molar-refractivity contribution in [2.75, 3.05) is 32.8 Å². The molecule has 0 radical (unpaired) electrons. The van der Waals surface area contributed by atoms with Gasteiger partial charge in [-0.2, -0.15) is 0 Å². The average Bonchev–Trinajstić information content (AvgIpc) is 3.04. The molecule has 5 heteroatoms. The first-order valence-electron chi connectivity index (χ1n) is 9.51. The van der Waals surface area contributed by atoms with Crippen LogP contribution in [0.2, 0.25) is 0 Å². The molecular weight excluding hydrogens is 290 g/mol. The van der Waals surface area contributed by atoms with Crippen LogP contribution in [-0.4, -0.2) is 61.8 Å². The summed E-state index contributed by atoms with van der Waals surface area (Å²) in [6, 6.07) is 1.71. The summed E-state index contributed by atoms with van der Waals surface area (Å²) in [4.78, 5) is 14.1. The number of rotatable bonds is 4. The minimum Gasteiger partial charge on any atom is -0.379 e. The van der Waals surface area contributed by atoms with Gasteiger partial charge in [0.25, 0.3) is 0 Å².